The highest BCUT2D eigenvalue weighted by atomic mass is 28.4. The summed E-state index contributed by atoms with van der Waals surface area (Å²) in [5.74, 6) is 0. The Morgan fingerprint density at radius 2 is 1.38 bits per heavy atom. The molecular formula is C9H23NOSi2. The van der Waals surface area contributed by atoms with E-state index in [4.69, 9.17) is 4.12 Å². The van der Waals surface area contributed by atoms with Gasteiger partial charge in [-0.25, -0.2) is 0 Å². The largest absolute Gasteiger partial charge is 0.445 e. The summed E-state index contributed by atoms with van der Waals surface area (Å²) in [7, 11) is -2.85. The minimum Gasteiger partial charge on any atom is -0.445 e. The summed E-state index contributed by atoms with van der Waals surface area (Å²) < 4.78 is 8.92. The van der Waals surface area contributed by atoms with Crippen molar-refractivity contribution in [3.8, 4) is 0 Å². The zero-order valence-corrected chi connectivity index (χ0v) is 11.7. The highest BCUT2D eigenvalue weighted by Gasteiger charge is 2.36. The first kappa shape index (κ1) is 11.4. The third-order valence-electron chi connectivity index (χ3n) is 2.42. The number of rotatable bonds is 3. The predicted molar refractivity (Wildman–Crippen MR) is 62.7 cm³/mol. The van der Waals surface area contributed by atoms with E-state index < -0.39 is 16.8 Å². The quantitative estimate of drug-likeness (QED) is 0.674. The topological polar surface area (TPSA) is 12.5 Å². The van der Waals surface area contributed by atoms with E-state index in [2.05, 4.69) is 37.3 Å². The number of nitrogens with zero attached hydrogens (tertiary/aromatic N) is 1. The van der Waals surface area contributed by atoms with Gasteiger partial charge in [-0.15, -0.1) is 0 Å². The highest BCUT2D eigenvalue weighted by Crippen LogP contribution is 2.22. The van der Waals surface area contributed by atoms with Crippen molar-refractivity contribution in [2.24, 2.45) is 0 Å². The molecule has 0 aliphatic carbocycles. The second kappa shape index (κ2) is 3.84. The normalized spacial score (nSPS) is 21.0. The molecule has 0 bridgehead atoms. The molecule has 0 atom stereocenters. The molecular weight excluding hydrogens is 194 g/mol. The van der Waals surface area contributed by atoms with Gasteiger partial charge in [-0.2, -0.15) is 0 Å². The van der Waals surface area contributed by atoms with E-state index in [0.717, 1.165) is 0 Å². The summed E-state index contributed by atoms with van der Waals surface area (Å²) in [4.78, 5) is 0. The van der Waals surface area contributed by atoms with Gasteiger partial charge in [0.2, 0.25) is 0 Å². The van der Waals surface area contributed by atoms with Crippen LogP contribution in [-0.2, 0) is 4.12 Å². The van der Waals surface area contributed by atoms with Gasteiger partial charge >= 0.3 is 0 Å². The van der Waals surface area contributed by atoms with Crippen molar-refractivity contribution in [1.29, 1.82) is 0 Å². The maximum absolute atomic E-state index is 6.31. The van der Waals surface area contributed by atoms with Crippen LogP contribution >= 0.6 is 0 Å². The zero-order chi connectivity index (χ0) is 10.1. The molecule has 13 heavy (non-hydrogen) atoms. The Kier molecular flexibility index (Phi) is 3.38. The van der Waals surface area contributed by atoms with Crippen molar-refractivity contribution in [3.05, 3.63) is 0 Å². The van der Waals surface area contributed by atoms with Crippen LogP contribution in [0.4, 0.5) is 0 Å². The van der Waals surface area contributed by atoms with Crippen LogP contribution in [0.25, 0.3) is 0 Å². The van der Waals surface area contributed by atoms with E-state index in [1.54, 1.807) is 0 Å². The standard InChI is InChI=1S/C9H23NOSi2/c1-12(2,3)11-13(4,5)10-8-6-7-9-10/h6-9H2,1-5H3. The first-order valence-electron chi connectivity index (χ1n) is 5.26. The van der Waals surface area contributed by atoms with Crippen LogP contribution < -0.4 is 0 Å². The summed E-state index contributed by atoms with van der Waals surface area (Å²) in [5, 5.41) is 0. The molecule has 1 fully saturated rings. The second-order valence-corrected chi connectivity index (χ2v) is 13.9. The first-order chi connectivity index (χ1) is 5.81. The fourth-order valence-electron chi connectivity index (χ4n) is 2.07. The Morgan fingerprint density at radius 1 is 0.923 bits per heavy atom. The van der Waals surface area contributed by atoms with Gasteiger partial charge in [0.1, 0.15) is 0 Å². The second-order valence-electron chi connectivity index (χ2n) is 5.36. The van der Waals surface area contributed by atoms with Gasteiger partial charge in [-0.1, -0.05) is 0 Å². The SMILES string of the molecule is C[Si](C)(C)O[Si](C)(C)N1CCCC1. The van der Waals surface area contributed by atoms with Crippen LogP contribution in [0.2, 0.25) is 32.7 Å². The van der Waals surface area contributed by atoms with Crippen LogP contribution in [0.3, 0.4) is 0 Å². The molecule has 0 aromatic heterocycles. The lowest BCUT2D eigenvalue weighted by Gasteiger charge is -2.38. The van der Waals surface area contributed by atoms with Crippen molar-refractivity contribution < 1.29 is 4.12 Å². The molecule has 0 unspecified atom stereocenters. The average molecular weight is 217 g/mol. The van der Waals surface area contributed by atoms with Crippen LogP contribution in [0.5, 0.6) is 0 Å². The molecule has 1 aliphatic heterocycles. The van der Waals surface area contributed by atoms with Crippen LogP contribution in [-0.4, -0.2) is 34.5 Å². The van der Waals surface area contributed by atoms with Gasteiger partial charge in [0.25, 0.3) is 8.48 Å². The molecule has 0 spiro atoms. The van der Waals surface area contributed by atoms with Crippen LogP contribution in [0.1, 0.15) is 12.8 Å². The summed E-state index contributed by atoms with van der Waals surface area (Å²) in [5.41, 5.74) is 0. The minimum absolute atomic E-state index is 1.27. The van der Waals surface area contributed by atoms with E-state index in [1.165, 1.54) is 25.9 Å². The van der Waals surface area contributed by atoms with Crippen molar-refractivity contribution in [3.63, 3.8) is 0 Å². The van der Waals surface area contributed by atoms with Gasteiger partial charge in [0.05, 0.1) is 0 Å². The molecule has 0 N–H and O–H groups in total. The van der Waals surface area contributed by atoms with Gasteiger partial charge in [-0.05, 0) is 58.7 Å². The highest BCUT2D eigenvalue weighted by molar-refractivity contribution is 6.82. The Bertz CT molecular complexity index is 171. The lowest BCUT2D eigenvalue weighted by Crippen LogP contribution is -2.54. The third kappa shape index (κ3) is 3.54. The maximum Gasteiger partial charge on any atom is 0.254 e. The molecule has 1 heterocycles. The number of hydrogen-bond acceptors (Lipinski definition) is 2. The monoisotopic (exact) mass is 217 g/mol. The zero-order valence-electron chi connectivity index (χ0n) is 9.68. The lowest BCUT2D eigenvalue weighted by atomic mass is 10.4. The fourth-order valence-corrected chi connectivity index (χ4v) is 9.97. The van der Waals surface area contributed by atoms with Crippen molar-refractivity contribution in [2.75, 3.05) is 13.1 Å². The fraction of sp³-hybridized carbons (Fsp3) is 1.00. The molecule has 1 aliphatic rings. The Labute approximate surface area is 84.6 Å². The molecule has 4 heteroatoms. The van der Waals surface area contributed by atoms with Gasteiger partial charge in [-0.3, -0.25) is 0 Å². The van der Waals surface area contributed by atoms with Crippen molar-refractivity contribution in [2.45, 2.75) is 45.6 Å². The molecule has 0 radical (unpaired) electrons. The molecule has 2 nitrogen and oxygen atoms in total. The minimum atomic E-state index is -1.51. The van der Waals surface area contributed by atoms with Crippen LogP contribution in [0.15, 0.2) is 0 Å². The van der Waals surface area contributed by atoms with Crippen molar-refractivity contribution in [1.82, 2.24) is 4.57 Å². The third-order valence-corrected chi connectivity index (χ3v) is 8.84. The van der Waals surface area contributed by atoms with E-state index in [-0.39, 0.29) is 0 Å². The Balaban J connectivity index is 2.53. The summed E-state index contributed by atoms with van der Waals surface area (Å²) in [6, 6.07) is 0. The smallest absolute Gasteiger partial charge is 0.254 e. The molecule has 0 aromatic carbocycles. The average Bonchev–Trinajstić information content (AvgIpc) is 2.29. The van der Waals surface area contributed by atoms with E-state index >= 15 is 0 Å². The summed E-state index contributed by atoms with van der Waals surface area (Å²) in [6.07, 6.45) is 2.73. The van der Waals surface area contributed by atoms with Gasteiger partial charge in [0.15, 0.2) is 8.32 Å². The molecule has 0 saturated carbocycles. The number of hydrogen-bond donors (Lipinski definition) is 0. The van der Waals surface area contributed by atoms with Crippen molar-refractivity contribution >= 4 is 16.8 Å². The summed E-state index contributed by atoms with van der Waals surface area (Å²) in [6.45, 7) is 14.1. The molecule has 1 saturated heterocycles. The summed E-state index contributed by atoms with van der Waals surface area (Å²) >= 11 is 0. The van der Waals surface area contributed by atoms with Gasteiger partial charge in [0, 0.05) is 0 Å². The van der Waals surface area contributed by atoms with E-state index in [0.29, 0.717) is 0 Å². The van der Waals surface area contributed by atoms with E-state index in [9.17, 15) is 0 Å². The molecule has 1 rings (SSSR count). The molecule has 78 valence electrons. The molecule has 0 amide bonds. The molecule has 0 aromatic rings. The van der Waals surface area contributed by atoms with Crippen LogP contribution in [0, 0.1) is 0 Å². The Morgan fingerprint density at radius 3 is 1.77 bits per heavy atom. The first-order valence-corrected chi connectivity index (χ1v) is 11.5. The maximum atomic E-state index is 6.31. The lowest BCUT2D eigenvalue weighted by molar-refractivity contribution is 0.401. The Hall–Kier alpha value is 0.354. The predicted octanol–water partition coefficient (Wildman–Crippen LogP) is 2.64. The van der Waals surface area contributed by atoms with E-state index in [1.807, 2.05) is 0 Å². The van der Waals surface area contributed by atoms with Gasteiger partial charge < -0.3 is 8.68 Å².